The lowest BCUT2D eigenvalue weighted by Gasteiger charge is -2.26. The molecular weight excluding hydrogens is 318 g/mol. The SMILES string of the molecule is O=C(NC1CCC(O)CC1)c1cccc2nc(-c3cccnc3)nn12. The number of hydrogen-bond acceptors (Lipinski definition) is 5. The summed E-state index contributed by atoms with van der Waals surface area (Å²) in [6.07, 6.45) is 6.19. The molecule has 0 aliphatic heterocycles. The van der Waals surface area contributed by atoms with Crippen LogP contribution in [0.2, 0.25) is 0 Å². The van der Waals surface area contributed by atoms with Crippen LogP contribution in [0.15, 0.2) is 42.7 Å². The molecule has 0 radical (unpaired) electrons. The molecule has 0 bridgehead atoms. The van der Waals surface area contributed by atoms with Gasteiger partial charge in [-0.3, -0.25) is 9.78 Å². The fraction of sp³-hybridized carbons (Fsp3) is 0.333. The number of aromatic nitrogens is 4. The lowest BCUT2D eigenvalue weighted by Crippen LogP contribution is -2.39. The molecule has 0 spiro atoms. The van der Waals surface area contributed by atoms with E-state index < -0.39 is 0 Å². The van der Waals surface area contributed by atoms with Crippen molar-refractivity contribution >= 4 is 11.6 Å². The van der Waals surface area contributed by atoms with Crippen LogP contribution in [0, 0.1) is 0 Å². The van der Waals surface area contributed by atoms with E-state index in [1.54, 1.807) is 29.0 Å². The normalized spacial score (nSPS) is 20.5. The second kappa shape index (κ2) is 6.60. The van der Waals surface area contributed by atoms with Crippen molar-refractivity contribution in [1.82, 2.24) is 24.9 Å². The zero-order chi connectivity index (χ0) is 17.2. The van der Waals surface area contributed by atoms with Crippen LogP contribution >= 0.6 is 0 Å². The van der Waals surface area contributed by atoms with E-state index in [1.165, 1.54) is 0 Å². The summed E-state index contributed by atoms with van der Waals surface area (Å²) in [5.74, 6) is 0.365. The molecule has 1 saturated carbocycles. The van der Waals surface area contributed by atoms with Crippen LogP contribution in [0.1, 0.15) is 36.2 Å². The lowest BCUT2D eigenvalue weighted by molar-refractivity contribution is 0.0861. The molecule has 1 aliphatic rings. The van der Waals surface area contributed by atoms with Crippen molar-refractivity contribution in [2.24, 2.45) is 0 Å². The van der Waals surface area contributed by atoms with Gasteiger partial charge in [0, 0.05) is 24.0 Å². The minimum absolute atomic E-state index is 0.0903. The first-order valence-electron chi connectivity index (χ1n) is 8.46. The van der Waals surface area contributed by atoms with E-state index >= 15 is 0 Å². The number of carbonyl (C=O) groups excluding carboxylic acids is 1. The van der Waals surface area contributed by atoms with Gasteiger partial charge in [0.05, 0.1) is 6.10 Å². The number of carbonyl (C=O) groups is 1. The van der Waals surface area contributed by atoms with Crippen molar-refractivity contribution in [3.63, 3.8) is 0 Å². The van der Waals surface area contributed by atoms with Gasteiger partial charge in [0.25, 0.3) is 5.91 Å². The van der Waals surface area contributed by atoms with Gasteiger partial charge in [0.1, 0.15) is 5.69 Å². The summed E-state index contributed by atoms with van der Waals surface area (Å²) >= 11 is 0. The molecule has 0 atom stereocenters. The summed E-state index contributed by atoms with van der Waals surface area (Å²) in [6, 6.07) is 9.16. The molecule has 0 aromatic carbocycles. The molecular formula is C18H19N5O2. The number of rotatable bonds is 3. The maximum atomic E-state index is 12.7. The summed E-state index contributed by atoms with van der Waals surface area (Å²) < 4.78 is 1.56. The molecule has 128 valence electrons. The van der Waals surface area contributed by atoms with E-state index in [-0.39, 0.29) is 18.1 Å². The molecule has 1 fully saturated rings. The molecule has 4 rings (SSSR count). The van der Waals surface area contributed by atoms with Gasteiger partial charge in [0.2, 0.25) is 0 Å². The Kier molecular flexibility index (Phi) is 4.15. The Morgan fingerprint density at radius 1 is 1.16 bits per heavy atom. The highest BCUT2D eigenvalue weighted by Gasteiger charge is 2.22. The Morgan fingerprint density at radius 2 is 2.00 bits per heavy atom. The Labute approximate surface area is 144 Å². The van der Waals surface area contributed by atoms with Crippen LogP contribution in [0.4, 0.5) is 0 Å². The van der Waals surface area contributed by atoms with Crippen molar-refractivity contribution < 1.29 is 9.90 Å². The standard InChI is InChI=1S/C18H19N5O2/c24-14-8-6-13(7-9-14)20-18(25)15-4-1-5-16-21-17(22-23(15)16)12-3-2-10-19-11-12/h1-5,10-11,13-14,24H,6-9H2,(H,20,25). The van der Waals surface area contributed by atoms with Crippen LogP contribution in [0.25, 0.3) is 17.0 Å². The van der Waals surface area contributed by atoms with Crippen LogP contribution < -0.4 is 5.32 Å². The van der Waals surface area contributed by atoms with Crippen molar-refractivity contribution in [3.8, 4) is 11.4 Å². The second-order valence-corrected chi connectivity index (χ2v) is 6.34. The minimum atomic E-state index is -0.242. The molecule has 1 aliphatic carbocycles. The third-order valence-electron chi connectivity index (χ3n) is 4.54. The quantitative estimate of drug-likeness (QED) is 0.760. The monoisotopic (exact) mass is 337 g/mol. The highest BCUT2D eigenvalue weighted by Crippen LogP contribution is 2.19. The van der Waals surface area contributed by atoms with E-state index in [0.717, 1.165) is 31.2 Å². The third-order valence-corrected chi connectivity index (χ3v) is 4.54. The molecule has 7 nitrogen and oxygen atoms in total. The molecule has 1 amide bonds. The lowest BCUT2D eigenvalue weighted by atomic mass is 9.93. The first-order chi connectivity index (χ1) is 12.2. The molecule has 25 heavy (non-hydrogen) atoms. The number of aliphatic hydroxyl groups excluding tert-OH is 1. The Balaban J connectivity index is 1.61. The maximum absolute atomic E-state index is 12.7. The number of nitrogens with zero attached hydrogens (tertiary/aromatic N) is 4. The van der Waals surface area contributed by atoms with Gasteiger partial charge in [-0.05, 0) is 49.9 Å². The maximum Gasteiger partial charge on any atom is 0.270 e. The van der Waals surface area contributed by atoms with Crippen LogP contribution in [0.3, 0.4) is 0 Å². The van der Waals surface area contributed by atoms with Crippen LogP contribution in [-0.4, -0.2) is 42.7 Å². The predicted molar refractivity (Wildman–Crippen MR) is 91.9 cm³/mol. The first-order valence-corrected chi connectivity index (χ1v) is 8.46. The zero-order valence-electron chi connectivity index (χ0n) is 13.7. The van der Waals surface area contributed by atoms with Gasteiger partial charge in [-0.15, -0.1) is 5.10 Å². The number of hydrogen-bond donors (Lipinski definition) is 2. The molecule has 3 heterocycles. The van der Waals surface area contributed by atoms with E-state index in [4.69, 9.17) is 0 Å². The van der Waals surface area contributed by atoms with Gasteiger partial charge in [-0.1, -0.05) is 6.07 Å². The average molecular weight is 337 g/mol. The first kappa shape index (κ1) is 15.7. The third kappa shape index (κ3) is 3.23. The van der Waals surface area contributed by atoms with Gasteiger partial charge in [-0.25, -0.2) is 9.50 Å². The van der Waals surface area contributed by atoms with E-state index in [1.807, 2.05) is 18.2 Å². The molecule has 2 N–H and O–H groups in total. The summed E-state index contributed by atoms with van der Waals surface area (Å²) in [6.45, 7) is 0. The van der Waals surface area contributed by atoms with Crippen molar-refractivity contribution in [2.45, 2.75) is 37.8 Å². The van der Waals surface area contributed by atoms with Crippen molar-refractivity contribution in [1.29, 1.82) is 0 Å². The molecule has 0 saturated heterocycles. The summed E-state index contributed by atoms with van der Waals surface area (Å²) in [7, 11) is 0. The predicted octanol–water partition coefficient (Wildman–Crippen LogP) is 1.82. The summed E-state index contributed by atoms with van der Waals surface area (Å²) in [4.78, 5) is 21.2. The Hall–Kier alpha value is -2.80. The van der Waals surface area contributed by atoms with Crippen molar-refractivity contribution in [3.05, 3.63) is 48.4 Å². The fourth-order valence-corrected chi connectivity index (χ4v) is 3.17. The summed E-state index contributed by atoms with van der Waals surface area (Å²) in [5.41, 5.74) is 1.87. The molecule has 3 aromatic heterocycles. The molecule has 7 heteroatoms. The highest BCUT2D eigenvalue weighted by molar-refractivity contribution is 5.93. The van der Waals surface area contributed by atoms with Gasteiger partial charge in [0.15, 0.2) is 11.5 Å². The Morgan fingerprint density at radius 3 is 2.76 bits per heavy atom. The topological polar surface area (TPSA) is 92.4 Å². The van der Waals surface area contributed by atoms with E-state index in [9.17, 15) is 9.90 Å². The van der Waals surface area contributed by atoms with Gasteiger partial charge >= 0.3 is 0 Å². The zero-order valence-corrected chi connectivity index (χ0v) is 13.7. The van der Waals surface area contributed by atoms with Crippen molar-refractivity contribution in [2.75, 3.05) is 0 Å². The smallest absolute Gasteiger partial charge is 0.270 e. The fourth-order valence-electron chi connectivity index (χ4n) is 3.17. The largest absolute Gasteiger partial charge is 0.393 e. The average Bonchev–Trinajstić information content (AvgIpc) is 3.08. The Bertz CT molecular complexity index is 885. The second-order valence-electron chi connectivity index (χ2n) is 6.34. The van der Waals surface area contributed by atoms with E-state index in [0.29, 0.717) is 17.2 Å². The number of amides is 1. The number of aliphatic hydroxyl groups is 1. The molecule has 0 unspecified atom stereocenters. The summed E-state index contributed by atoms with van der Waals surface area (Å²) in [5, 5.41) is 17.1. The van der Waals surface area contributed by atoms with Crippen LogP contribution in [-0.2, 0) is 0 Å². The van der Waals surface area contributed by atoms with E-state index in [2.05, 4.69) is 20.4 Å². The van der Waals surface area contributed by atoms with Crippen LogP contribution in [0.5, 0.6) is 0 Å². The number of fused-ring (bicyclic) bond motifs is 1. The number of pyridine rings is 2. The molecule has 3 aromatic rings. The number of nitrogens with one attached hydrogen (secondary N) is 1. The highest BCUT2D eigenvalue weighted by atomic mass is 16.3. The minimum Gasteiger partial charge on any atom is -0.393 e. The van der Waals surface area contributed by atoms with Gasteiger partial charge in [-0.2, -0.15) is 0 Å². The van der Waals surface area contributed by atoms with Gasteiger partial charge < -0.3 is 10.4 Å².